The van der Waals surface area contributed by atoms with Gasteiger partial charge in [-0.3, -0.25) is 24.6 Å². The Morgan fingerprint density at radius 2 is 2.09 bits per heavy atom. The fourth-order valence-corrected chi connectivity index (χ4v) is 5.21. The molecule has 1 amide bonds. The second kappa shape index (κ2) is 7.85. The van der Waals surface area contributed by atoms with Gasteiger partial charge < -0.3 is 4.90 Å². The average Bonchev–Trinajstić information content (AvgIpc) is 3.59. The van der Waals surface area contributed by atoms with Crippen LogP contribution in [0.15, 0.2) is 35.4 Å². The predicted octanol–water partition coefficient (Wildman–Crippen LogP) is 2.44. The normalized spacial score (nSPS) is 21.6. The molecule has 1 saturated carbocycles. The zero-order chi connectivity index (χ0) is 21.7. The third-order valence-corrected chi connectivity index (χ3v) is 7.10. The Hall–Kier alpha value is -3.00. The first-order chi connectivity index (χ1) is 15.7. The molecule has 3 aromatic heterocycles. The third-order valence-electron chi connectivity index (χ3n) is 7.10. The number of hydrogen-bond acceptors (Lipinski definition) is 5. The van der Waals surface area contributed by atoms with Crippen LogP contribution in [0.1, 0.15) is 60.7 Å². The summed E-state index contributed by atoms with van der Waals surface area (Å²) >= 11 is 0. The second-order valence-corrected chi connectivity index (χ2v) is 9.37. The van der Waals surface area contributed by atoms with Crippen molar-refractivity contribution in [3.05, 3.63) is 63.5 Å². The monoisotopic (exact) mass is 432 g/mol. The molecule has 2 aliphatic heterocycles. The summed E-state index contributed by atoms with van der Waals surface area (Å²) in [6.45, 7) is 2.89. The van der Waals surface area contributed by atoms with Gasteiger partial charge in [-0.05, 0) is 43.9 Å². The molecular weight excluding hydrogens is 404 g/mol. The van der Waals surface area contributed by atoms with E-state index in [1.165, 1.54) is 18.4 Å². The Morgan fingerprint density at radius 1 is 1.19 bits per heavy atom. The molecule has 1 atom stereocenters. The predicted molar refractivity (Wildman–Crippen MR) is 119 cm³/mol. The van der Waals surface area contributed by atoms with E-state index < -0.39 is 0 Å². The van der Waals surface area contributed by atoms with Crippen LogP contribution in [0.4, 0.5) is 0 Å². The SMILES string of the molecule is O=C(C1CC1)N1CCc2nc3cc([C@H]4CCCCN4Cc4cccnc4)[nH]n3c(=O)c2C1. The van der Waals surface area contributed by atoms with Crippen molar-refractivity contribution >= 4 is 11.6 Å². The van der Waals surface area contributed by atoms with Gasteiger partial charge in [0.05, 0.1) is 29.5 Å². The Balaban J connectivity index is 1.31. The summed E-state index contributed by atoms with van der Waals surface area (Å²) < 4.78 is 1.58. The zero-order valence-electron chi connectivity index (χ0n) is 18.2. The Labute approximate surface area is 186 Å². The van der Waals surface area contributed by atoms with Crippen molar-refractivity contribution in [3.8, 4) is 0 Å². The largest absolute Gasteiger partial charge is 0.337 e. The van der Waals surface area contributed by atoms with Gasteiger partial charge in [-0.2, -0.15) is 0 Å². The van der Waals surface area contributed by atoms with Crippen LogP contribution in [0.25, 0.3) is 5.65 Å². The molecule has 1 aliphatic carbocycles. The fourth-order valence-electron chi connectivity index (χ4n) is 5.21. The van der Waals surface area contributed by atoms with Crippen LogP contribution < -0.4 is 5.56 Å². The molecule has 0 unspecified atom stereocenters. The molecule has 3 aromatic rings. The lowest BCUT2D eigenvalue weighted by molar-refractivity contribution is -0.133. The topological polar surface area (TPSA) is 86.6 Å². The zero-order valence-corrected chi connectivity index (χ0v) is 18.2. The van der Waals surface area contributed by atoms with Crippen LogP contribution in [0.2, 0.25) is 0 Å². The van der Waals surface area contributed by atoms with Crippen LogP contribution in [-0.2, 0) is 24.3 Å². The number of piperidine rings is 1. The van der Waals surface area contributed by atoms with Crippen LogP contribution in [0, 0.1) is 5.92 Å². The maximum absolute atomic E-state index is 13.3. The fraction of sp³-hybridized carbons (Fsp3) is 0.500. The molecular formula is C24H28N6O2. The molecule has 32 heavy (non-hydrogen) atoms. The average molecular weight is 433 g/mol. The molecule has 1 saturated heterocycles. The van der Waals surface area contributed by atoms with Crippen molar-refractivity contribution in [1.29, 1.82) is 0 Å². The highest BCUT2D eigenvalue weighted by Gasteiger charge is 2.36. The number of fused-ring (bicyclic) bond motifs is 2. The molecule has 8 nitrogen and oxygen atoms in total. The number of amides is 1. The first-order valence-electron chi connectivity index (χ1n) is 11.7. The first kappa shape index (κ1) is 19.7. The highest BCUT2D eigenvalue weighted by molar-refractivity contribution is 5.81. The van der Waals surface area contributed by atoms with E-state index in [1.807, 2.05) is 23.2 Å². The highest BCUT2D eigenvalue weighted by atomic mass is 16.2. The van der Waals surface area contributed by atoms with E-state index in [0.29, 0.717) is 30.7 Å². The third kappa shape index (κ3) is 3.52. The van der Waals surface area contributed by atoms with Crippen LogP contribution in [0.3, 0.4) is 0 Å². The van der Waals surface area contributed by atoms with E-state index in [4.69, 9.17) is 4.98 Å². The number of nitrogens with zero attached hydrogens (tertiary/aromatic N) is 5. The molecule has 166 valence electrons. The smallest absolute Gasteiger partial charge is 0.277 e. The second-order valence-electron chi connectivity index (χ2n) is 9.37. The maximum atomic E-state index is 13.3. The van der Waals surface area contributed by atoms with Gasteiger partial charge in [0.15, 0.2) is 5.65 Å². The van der Waals surface area contributed by atoms with E-state index in [1.54, 1.807) is 10.7 Å². The molecule has 1 N–H and O–H groups in total. The first-order valence-corrected chi connectivity index (χ1v) is 11.7. The van der Waals surface area contributed by atoms with Crippen molar-refractivity contribution in [2.75, 3.05) is 13.1 Å². The van der Waals surface area contributed by atoms with Gasteiger partial charge in [0.25, 0.3) is 5.56 Å². The molecule has 0 bridgehead atoms. The summed E-state index contributed by atoms with van der Waals surface area (Å²) in [4.78, 5) is 39.2. The van der Waals surface area contributed by atoms with Crippen molar-refractivity contribution in [1.82, 2.24) is 29.4 Å². The molecule has 6 rings (SSSR count). The minimum Gasteiger partial charge on any atom is -0.337 e. The van der Waals surface area contributed by atoms with Crippen LogP contribution in [-0.4, -0.2) is 48.4 Å². The summed E-state index contributed by atoms with van der Waals surface area (Å²) in [5.41, 5.74) is 4.34. The number of aromatic nitrogens is 4. The summed E-state index contributed by atoms with van der Waals surface area (Å²) in [5.74, 6) is 0.366. The highest BCUT2D eigenvalue weighted by Crippen LogP contribution is 2.33. The molecule has 8 heteroatoms. The quantitative estimate of drug-likeness (QED) is 0.684. The van der Waals surface area contributed by atoms with Gasteiger partial charge in [-0.25, -0.2) is 9.50 Å². The molecule has 0 radical (unpaired) electrons. The maximum Gasteiger partial charge on any atom is 0.277 e. The van der Waals surface area contributed by atoms with Crippen molar-refractivity contribution in [2.24, 2.45) is 5.92 Å². The lowest BCUT2D eigenvalue weighted by Gasteiger charge is -2.35. The van der Waals surface area contributed by atoms with Crippen LogP contribution in [0.5, 0.6) is 0 Å². The Bertz CT molecular complexity index is 1210. The number of likely N-dealkylation sites (tertiary alicyclic amines) is 1. The van der Waals surface area contributed by atoms with Gasteiger partial charge in [0, 0.05) is 43.9 Å². The molecule has 3 aliphatic rings. The summed E-state index contributed by atoms with van der Waals surface area (Å²) in [7, 11) is 0. The number of aromatic amines is 1. The molecule has 2 fully saturated rings. The van der Waals surface area contributed by atoms with Crippen molar-refractivity contribution < 1.29 is 4.79 Å². The Kier molecular flexibility index (Phi) is 4.82. The number of H-pyrrole nitrogens is 1. The van der Waals surface area contributed by atoms with Crippen molar-refractivity contribution in [2.45, 2.75) is 57.7 Å². The number of nitrogens with one attached hydrogen (secondary N) is 1. The van der Waals surface area contributed by atoms with Gasteiger partial charge in [0.1, 0.15) is 0 Å². The van der Waals surface area contributed by atoms with Crippen molar-refractivity contribution in [3.63, 3.8) is 0 Å². The van der Waals surface area contributed by atoms with Gasteiger partial charge in [-0.1, -0.05) is 12.5 Å². The summed E-state index contributed by atoms with van der Waals surface area (Å²) in [6, 6.07) is 6.34. The van der Waals surface area contributed by atoms with Gasteiger partial charge >= 0.3 is 0 Å². The van der Waals surface area contributed by atoms with E-state index in [0.717, 1.165) is 43.7 Å². The number of pyridine rings is 1. The summed E-state index contributed by atoms with van der Waals surface area (Å²) in [5, 5.41) is 3.36. The number of carbonyl (C=O) groups is 1. The Morgan fingerprint density at radius 3 is 2.91 bits per heavy atom. The molecule has 0 spiro atoms. The number of rotatable bonds is 4. The van der Waals surface area contributed by atoms with Gasteiger partial charge in [0.2, 0.25) is 5.91 Å². The minimum absolute atomic E-state index is 0.0702. The van der Waals surface area contributed by atoms with Crippen LogP contribution >= 0.6 is 0 Å². The summed E-state index contributed by atoms with van der Waals surface area (Å²) in [6.07, 6.45) is 9.72. The molecule has 5 heterocycles. The minimum atomic E-state index is -0.0702. The van der Waals surface area contributed by atoms with E-state index in [9.17, 15) is 9.59 Å². The number of carbonyl (C=O) groups excluding carboxylic acids is 1. The number of hydrogen-bond donors (Lipinski definition) is 1. The standard InChI is InChI=1S/C24H28N6O2/c31-23(17-6-7-17)29-11-8-19-18(15-29)24(32)30-22(26-19)12-20(27-30)21-5-1-2-10-28(21)14-16-4-3-9-25-13-16/h3-4,9,12-13,17,21,27H,1-2,5-8,10-11,14-15H2/t21-/m1/s1. The van der Waals surface area contributed by atoms with E-state index in [-0.39, 0.29) is 23.4 Å². The molecule has 0 aromatic carbocycles. The van der Waals surface area contributed by atoms with E-state index >= 15 is 0 Å². The lowest BCUT2D eigenvalue weighted by atomic mass is 9.99. The lowest BCUT2D eigenvalue weighted by Crippen LogP contribution is -2.41. The van der Waals surface area contributed by atoms with E-state index in [2.05, 4.69) is 21.0 Å². The van der Waals surface area contributed by atoms with Gasteiger partial charge in [-0.15, -0.1) is 0 Å².